The molecule has 0 aromatic carbocycles. The molecule has 0 aliphatic carbocycles. The minimum Gasteiger partial charge on any atom is -0.481 e. The van der Waals surface area contributed by atoms with Crippen molar-refractivity contribution in [3.05, 3.63) is 0 Å². The number of carboxylic acids is 1. The van der Waals surface area contributed by atoms with Gasteiger partial charge < -0.3 is 5.11 Å². The fraction of sp³-hybridized carbons (Fsp3) is 0.875. The first-order valence-corrected chi connectivity index (χ1v) is 6.77. The summed E-state index contributed by atoms with van der Waals surface area (Å²) in [5.74, 6) is -2.27. The summed E-state index contributed by atoms with van der Waals surface area (Å²) in [5.41, 5.74) is -3.32. The highest BCUT2D eigenvalue weighted by Gasteiger charge is 2.65. The van der Waals surface area contributed by atoms with Crippen molar-refractivity contribution in [2.24, 2.45) is 5.41 Å². The number of hydrogen-bond acceptors (Lipinski definition) is 3. The number of rotatable bonds is 4. The minimum atomic E-state index is -5.23. The van der Waals surface area contributed by atoms with Gasteiger partial charge in [0.05, 0.1) is 0 Å². The maximum Gasteiger partial charge on any atom is 0.406 e. The Morgan fingerprint density at radius 2 is 1.76 bits per heavy atom. The summed E-state index contributed by atoms with van der Waals surface area (Å²) in [5, 5.41) is 8.70. The van der Waals surface area contributed by atoms with Crippen molar-refractivity contribution in [1.82, 2.24) is 9.03 Å². The Balaban J connectivity index is 2.93. The van der Waals surface area contributed by atoms with E-state index in [-0.39, 0.29) is 4.31 Å². The van der Waals surface area contributed by atoms with E-state index < -0.39 is 60.0 Å². The van der Waals surface area contributed by atoms with Crippen molar-refractivity contribution in [2.75, 3.05) is 19.6 Å². The monoisotopic (exact) mass is 344 g/mol. The van der Waals surface area contributed by atoms with Gasteiger partial charge in [0.2, 0.25) is 0 Å². The van der Waals surface area contributed by atoms with Gasteiger partial charge >= 0.3 is 18.3 Å². The lowest BCUT2D eigenvalue weighted by Crippen LogP contribution is -2.49. The van der Waals surface area contributed by atoms with Crippen LogP contribution in [-0.4, -0.2) is 55.8 Å². The van der Waals surface area contributed by atoms with E-state index in [1.165, 1.54) is 0 Å². The topological polar surface area (TPSA) is 86.7 Å². The average molecular weight is 344 g/mol. The highest BCUT2D eigenvalue weighted by molar-refractivity contribution is 7.87. The van der Waals surface area contributed by atoms with E-state index >= 15 is 0 Å². The van der Waals surface area contributed by atoms with Crippen LogP contribution in [-0.2, 0) is 15.0 Å². The normalized spacial score (nSPS) is 25.2. The van der Waals surface area contributed by atoms with Crippen molar-refractivity contribution in [3.63, 3.8) is 0 Å². The second-order valence-electron chi connectivity index (χ2n) is 4.41. The molecule has 1 aliphatic rings. The Hall–Kier alpha value is -1.08. The molecule has 1 unspecified atom stereocenters. The summed E-state index contributed by atoms with van der Waals surface area (Å²) in [7, 11) is -4.86. The van der Waals surface area contributed by atoms with Crippen LogP contribution in [0.1, 0.15) is 6.42 Å². The highest BCUT2D eigenvalue weighted by Crippen LogP contribution is 2.46. The largest absolute Gasteiger partial charge is 0.481 e. The molecule has 2 N–H and O–H groups in total. The second kappa shape index (κ2) is 5.28. The molecule has 1 fully saturated rings. The number of nitrogens with zero attached hydrogens (tertiary/aromatic N) is 1. The molecule has 1 aliphatic heterocycles. The van der Waals surface area contributed by atoms with E-state index in [4.69, 9.17) is 5.11 Å². The van der Waals surface area contributed by atoms with Gasteiger partial charge in [0, 0.05) is 13.1 Å². The number of aliphatic carboxylic acids is 1. The lowest BCUT2D eigenvalue weighted by atomic mass is 9.86. The molecular weight excluding hydrogens is 334 g/mol. The van der Waals surface area contributed by atoms with Gasteiger partial charge in [-0.25, -0.2) is 0 Å². The molecule has 1 saturated heterocycles. The molecule has 13 heteroatoms. The SMILES string of the molecule is O=C(O)C1(C(F)(F)F)CCN(S(=O)(=O)NCC(F)(F)F)C1. The van der Waals surface area contributed by atoms with Crippen LogP contribution >= 0.6 is 0 Å². The molecule has 0 saturated carbocycles. The number of nitrogens with one attached hydrogen (secondary N) is 1. The molecule has 0 spiro atoms. The highest BCUT2D eigenvalue weighted by atomic mass is 32.2. The van der Waals surface area contributed by atoms with Crippen molar-refractivity contribution in [1.29, 1.82) is 0 Å². The summed E-state index contributed by atoms with van der Waals surface area (Å²) < 4.78 is 98.2. The van der Waals surface area contributed by atoms with Gasteiger partial charge in [-0.3, -0.25) is 4.79 Å². The van der Waals surface area contributed by atoms with Crippen LogP contribution in [0.15, 0.2) is 0 Å². The van der Waals surface area contributed by atoms with E-state index in [9.17, 15) is 39.6 Å². The van der Waals surface area contributed by atoms with Crippen LogP contribution in [0, 0.1) is 5.41 Å². The maximum absolute atomic E-state index is 12.8. The van der Waals surface area contributed by atoms with Crippen LogP contribution in [0.5, 0.6) is 0 Å². The van der Waals surface area contributed by atoms with E-state index in [0.717, 1.165) is 4.72 Å². The van der Waals surface area contributed by atoms with Gasteiger partial charge in [-0.05, 0) is 6.42 Å². The first kappa shape index (κ1) is 18.0. The van der Waals surface area contributed by atoms with Crippen molar-refractivity contribution in [3.8, 4) is 0 Å². The number of alkyl halides is 6. The zero-order valence-electron chi connectivity index (χ0n) is 10.1. The first-order valence-electron chi connectivity index (χ1n) is 5.33. The summed E-state index contributed by atoms with van der Waals surface area (Å²) in [6, 6.07) is 0. The molecule has 1 rings (SSSR count). The summed E-state index contributed by atoms with van der Waals surface area (Å²) >= 11 is 0. The Morgan fingerprint density at radius 1 is 1.24 bits per heavy atom. The summed E-state index contributed by atoms with van der Waals surface area (Å²) in [4.78, 5) is 10.8. The van der Waals surface area contributed by atoms with E-state index in [1.54, 1.807) is 0 Å². The fourth-order valence-electron chi connectivity index (χ4n) is 1.77. The zero-order valence-corrected chi connectivity index (χ0v) is 10.9. The fourth-order valence-corrected chi connectivity index (χ4v) is 3.02. The molecule has 1 atom stereocenters. The molecule has 0 bridgehead atoms. The van der Waals surface area contributed by atoms with Gasteiger partial charge in [-0.1, -0.05) is 0 Å². The smallest absolute Gasteiger partial charge is 0.406 e. The zero-order chi connectivity index (χ0) is 16.7. The van der Waals surface area contributed by atoms with E-state index in [0.29, 0.717) is 0 Å². The Morgan fingerprint density at radius 3 is 2.10 bits per heavy atom. The molecule has 0 amide bonds. The predicted molar refractivity (Wildman–Crippen MR) is 55.3 cm³/mol. The third kappa shape index (κ3) is 3.77. The summed E-state index contributed by atoms with van der Waals surface area (Å²) in [6.45, 7) is -4.28. The number of carbonyl (C=O) groups is 1. The van der Waals surface area contributed by atoms with Crippen LogP contribution in [0.2, 0.25) is 0 Å². The maximum atomic E-state index is 12.8. The third-order valence-electron chi connectivity index (χ3n) is 2.98. The van der Waals surface area contributed by atoms with Gasteiger partial charge in [-0.2, -0.15) is 43.8 Å². The number of hydrogen-bond donors (Lipinski definition) is 2. The molecule has 0 radical (unpaired) electrons. The Labute approximate surface area is 114 Å². The van der Waals surface area contributed by atoms with E-state index in [1.807, 2.05) is 0 Å². The Kier molecular flexibility index (Phi) is 4.52. The predicted octanol–water partition coefficient (Wildman–Crippen LogP) is 0.722. The lowest BCUT2D eigenvalue weighted by Gasteiger charge is -2.27. The van der Waals surface area contributed by atoms with Crippen molar-refractivity contribution >= 4 is 16.2 Å². The third-order valence-corrected chi connectivity index (χ3v) is 4.48. The van der Waals surface area contributed by atoms with Crippen molar-refractivity contribution < 1.29 is 44.7 Å². The minimum absolute atomic E-state index is 0.0420. The quantitative estimate of drug-likeness (QED) is 0.736. The molecule has 21 heavy (non-hydrogen) atoms. The molecule has 6 nitrogen and oxygen atoms in total. The standard InChI is InChI=1S/C8H10F6N2O4S/c9-7(10,11)3-15-21(19,20)16-2-1-6(4-16,5(17)18)8(12,13)14/h15H,1-4H2,(H,17,18). The van der Waals surface area contributed by atoms with Crippen LogP contribution < -0.4 is 4.72 Å². The van der Waals surface area contributed by atoms with Gasteiger partial charge in [0.1, 0.15) is 6.54 Å². The molecule has 1 heterocycles. The van der Waals surface area contributed by atoms with Gasteiger partial charge in [0.25, 0.3) is 10.2 Å². The molecule has 124 valence electrons. The van der Waals surface area contributed by atoms with Crippen molar-refractivity contribution in [2.45, 2.75) is 18.8 Å². The summed E-state index contributed by atoms with van der Waals surface area (Å²) in [6.07, 6.45) is -11.2. The molecular formula is C8H10F6N2O4S. The number of halogens is 6. The molecule has 0 aromatic heterocycles. The lowest BCUT2D eigenvalue weighted by molar-refractivity contribution is -0.226. The van der Waals surface area contributed by atoms with Gasteiger partial charge in [0.15, 0.2) is 5.41 Å². The second-order valence-corrected chi connectivity index (χ2v) is 6.17. The van der Waals surface area contributed by atoms with Crippen LogP contribution in [0.25, 0.3) is 0 Å². The average Bonchev–Trinajstić information content (AvgIpc) is 2.71. The van der Waals surface area contributed by atoms with Crippen LogP contribution in [0.4, 0.5) is 26.3 Å². The first-order chi connectivity index (χ1) is 9.21. The van der Waals surface area contributed by atoms with E-state index in [2.05, 4.69) is 0 Å². The number of carboxylic acid groups (broad SMARTS) is 1. The Bertz CT molecular complexity index is 516. The van der Waals surface area contributed by atoms with Crippen LogP contribution in [0.3, 0.4) is 0 Å². The molecule has 0 aromatic rings. The van der Waals surface area contributed by atoms with Gasteiger partial charge in [-0.15, -0.1) is 0 Å².